The van der Waals surface area contributed by atoms with Gasteiger partial charge in [0, 0.05) is 30.1 Å². The van der Waals surface area contributed by atoms with Crippen LogP contribution in [0.4, 0.5) is 5.69 Å². The van der Waals surface area contributed by atoms with Crippen molar-refractivity contribution in [1.82, 2.24) is 10.8 Å². The van der Waals surface area contributed by atoms with Crippen molar-refractivity contribution in [3.8, 4) is 0 Å². The monoisotopic (exact) mass is 376 g/mol. The van der Waals surface area contributed by atoms with Crippen LogP contribution < -0.4 is 10.8 Å². The Labute approximate surface area is 157 Å². The van der Waals surface area contributed by atoms with Crippen molar-refractivity contribution in [3.63, 3.8) is 0 Å². The maximum atomic E-state index is 12.6. The molecule has 9 heteroatoms. The number of nitrogens with zero attached hydrogens (tertiary/aromatic N) is 2. The number of hydrogen-bond donors (Lipinski definition) is 2. The number of esters is 1. The third-order valence-electron chi connectivity index (χ3n) is 5.26. The van der Waals surface area contributed by atoms with Crippen LogP contribution in [0.5, 0.6) is 0 Å². The molecule has 6 atom stereocenters. The van der Waals surface area contributed by atoms with Gasteiger partial charge in [-0.2, -0.15) is 0 Å². The Morgan fingerprint density at radius 1 is 1.26 bits per heavy atom. The molecule has 3 rings (SSSR count). The highest BCUT2D eigenvalue weighted by molar-refractivity contribution is 5.84. The van der Waals surface area contributed by atoms with Gasteiger partial charge in [-0.15, -0.1) is 5.48 Å². The standard InChI is InChI=1S/C18H24N4O5/c1-9-14(17-20-11(3)21-27-17)16(15(10(2)19-9)18(23)26-4)12-6-5-7-13(8-12)22(24)25/h5-11,14-16,19,21H,1-4H3. The Balaban J connectivity index is 2.12. The highest BCUT2D eigenvalue weighted by Gasteiger charge is 2.50. The molecular formula is C18H24N4O5. The van der Waals surface area contributed by atoms with Crippen LogP contribution in [0, 0.1) is 22.0 Å². The summed E-state index contributed by atoms with van der Waals surface area (Å²) in [4.78, 5) is 33.5. The lowest BCUT2D eigenvalue weighted by atomic mass is 9.68. The maximum Gasteiger partial charge on any atom is 0.310 e. The van der Waals surface area contributed by atoms with Crippen molar-refractivity contribution in [1.29, 1.82) is 0 Å². The van der Waals surface area contributed by atoms with E-state index in [9.17, 15) is 14.9 Å². The molecule has 146 valence electrons. The van der Waals surface area contributed by atoms with Gasteiger partial charge in [0.2, 0.25) is 5.90 Å². The molecule has 2 aliphatic rings. The minimum Gasteiger partial charge on any atom is -0.469 e. The van der Waals surface area contributed by atoms with Crippen LogP contribution in [0.1, 0.15) is 32.3 Å². The molecule has 6 unspecified atom stereocenters. The summed E-state index contributed by atoms with van der Waals surface area (Å²) in [5.41, 5.74) is 3.47. The predicted octanol–water partition coefficient (Wildman–Crippen LogP) is 1.74. The summed E-state index contributed by atoms with van der Waals surface area (Å²) in [5, 5.41) is 14.7. The van der Waals surface area contributed by atoms with Crippen molar-refractivity contribution in [2.75, 3.05) is 7.11 Å². The SMILES string of the molecule is COC(=O)C1C(C)NC(C)C(C2=NC(C)NO2)C1c1cccc([N+](=O)[O-])c1. The quantitative estimate of drug-likeness (QED) is 0.467. The van der Waals surface area contributed by atoms with E-state index >= 15 is 0 Å². The minimum atomic E-state index is -0.541. The van der Waals surface area contributed by atoms with Gasteiger partial charge < -0.3 is 14.9 Å². The average molecular weight is 376 g/mol. The van der Waals surface area contributed by atoms with Crippen molar-refractivity contribution >= 4 is 17.6 Å². The van der Waals surface area contributed by atoms with E-state index in [0.717, 1.165) is 0 Å². The lowest BCUT2D eigenvalue weighted by Crippen LogP contribution is -2.58. The van der Waals surface area contributed by atoms with E-state index in [1.165, 1.54) is 19.2 Å². The van der Waals surface area contributed by atoms with Crippen molar-refractivity contribution in [3.05, 3.63) is 39.9 Å². The van der Waals surface area contributed by atoms with Gasteiger partial charge in [-0.3, -0.25) is 14.9 Å². The first-order chi connectivity index (χ1) is 12.8. The van der Waals surface area contributed by atoms with E-state index in [-0.39, 0.29) is 41.7 Å². The van der Waals surface area contributed by atoms with Gasteiger partial charge >= 0.3 is 5.97 Å². The maximum absolute atomic E-state index is 12.6. The number of carbonyl (C=O) groups is 1. The molecule has 0 spiro atoms. The number of nitro benzene ring substituents is 1. The summed E-state index contributed by atoms with van der Waals surface area (Å²) in [6.45, 7) is 5.77. The zero-order chi connectivity index (χ0) is 19.7. The number of benzene rings is 1. The van der Waals surface area contributed by atoms with Gasteiger partial charge in [-0.05, 0) is 26.3 Å². The van der Waals surface area contributed by atoms with E-state index in [2.05, 4.69) is 15.8 Å². The number of rotatable bonds is 4. The third kappa shape index (κ3) is 3.65. The van der Waals surface area contributed by atoms with E-state index in [1.807, 2.05) is 20.8 Å². The molecule has 0 aromatic heterocycles. The molecule has 0 saturated carbocycles. The Hall–Kier alpha value is -2.52. The van der Waals surface area contributed by atoms with Crippen LogP contribution in [-0.2, 0) is 14.4 Å². The van der Waals surface area contributed by atoms with Crippen LogP contribution in [0.2, 0.25) is 0 Å². The van der Waals surface area contributed by atoms with Crippen LogP contribution in [0.25, 0.3) is 0 Å². The predicted molar refractivity (Wildman–Crippen MR) is 98.0 cm³/mol. The molecule has 2 N–H and O–H groups in total. The van der Waals surface area contributed by atoms with Crippen LogP contribution >= 0.6 is 0 Å². The van der Waals surface area contributed by atoms with E-state index in [0.29, 0.717) is 11.5 Å². The molecule has 1 aromatic carbocycles. The normalized spacial score (nSPS) is 33.1. The summed E-state index contributed by atoms with van der Waals surface area (Å²) >= 11 is 0. The number of piperidine rings is 1. The first-order valence-corrected chi connectivity index (χ1v) is 8.91. The Morgan fingerprint density at radius 2 is 2.00 bits per heavy atom. The molecule has 9 nitrogen and oxygen atoms in total. The highest BCUT2D eigenvalue weighted by atomic mass is 16.7. The lowest BCUT2D eigenvalue weighted by molar-refractivity contribution is -0.385. The number of methoxy groups -OCH3 is 1. The van der Waals surface area contributed by atoms with Crippen LogP contribution in [0.15, 0.2) is 29.3 Å². The van der Waals surface area contributed by atoms with Crippen molar-refractivity contribution in [2.45, 2.75) is 44.9 Å². The topological polar surface area (TPSA) is 115 Å². The summed E-state index contributed by atoms with van der Waals surface area (Å²) < 4.78 is 5.05. The highest BCUT2D eigenvalue weighted by Crippen LogP contribution is 2.42. The molecule has 0 radical (unpaired) electrons. The van der Waals surface area contributed by atoms with Crippen molar-refractivity contribution < 1.29 is 19.3 Å². The number of hydroxylamine groups is 1. The first kappa shape index (κ1) is 19.2. The molecule has 27 heavy (non-hydrogen) atoms. The molecule has 2 aliphatic heterocycles. The number of carbonyl (C=O) groups excluding carboxylic acids is 1. The zero-order valence-electron chi connectivity index (χ0n) is 15.7. The van der Waals surface area contributed by atoms with Crippen LogP contribution in [0.3, 0.4) is 0 Å². The Bertz CT molecular complexity index is 768. The van der Waals surface area contributed by atoms with Gasteiger partial charge in [0.15, 0.2) is 0 Å². The number of non-ortho nitro benzene ring substituents is 1. The van der Waals surface area contributed by atoms with Crippen LogP contribution in [-0.4, -0.2) is 42.1 Å². The second-order valence-electron chi connectivity index (χ2n) is 7.06. The Morgan fingerprint density at radius 3 is 2.59 bits per heavy atom. The number of aliphatic imine (C=N–C) groups is 1. The van der Waals surface area contributed by atoms with Gasteiger partial charge in [0.1, 0.15) is 6.17 Å². The molecule has 1 saturated heterocycles. The summed E-state index contributed by atoms with van der Waals surface area (Å²) in [5.74, 6) is -1.09. The summed E-state index contributed by atoms with van der Waals surface area (Å²) in [6, 6.07) is 6.15. The van der Waals surface area contributed by atoms with E-state index in [4.69, 9.17) is 9.57 Å². The molecular weight excluding hydrogens is 352 g/mol. The lowest BCUT2D eigenvalue weighted by Gasteiger charge is -2.44. The largest absolute Gasteiger partial charge is 0.469 e. The van der Waals surface area contributed by atoms with Gasteiger partial charge in [-0.25, -0.2) is 4.99 Å². The number of nitro groups is 1. The zero-order valence-corrected chi connectivity index (χ0v) is 15.7. The fourth-order valence-electron chi connectivity index (χ4n) is 4.13. The first-order valence-electron chi connectivity index (χ1n) is 8.91. The summed E-state index contributed by atoms with van der Waals surface area (Å²) in [6.07, 6.45) is -0.200. The number of ether oxygens (including phenoxy) is 1. The summed E-state index contributed by atoms with van der Waals surface area (Å²) in [7, 11) is 1.35. The molecule has 0 aliphatic carbocycles. The molecule has 1 fully saturated rings. The van der Waals surface area contributed by atoms with E-state index < -0.39 is 10.8 Å². The number of hydrogen-bond acceptors (Lipinski definition) is 8. The van der Waals surface area contributed by atoms with E-state index in [1.54, 1.807) is 12.1 Å². The molecule has 0 bridgehead atoms. The molecule has 2 heterocycles. The Kier molecular flexibility index (Phi) is 5.43. The fourth-order valence-corrected chi connectivity index (χ4v) is 4.13. The third-order valence-corrected chi connectivity index (χ3v) is 5.26. The second kappa shape index (κ2) is 7.61. The fraction of sp³-hybridized carbons (Fsp3) is 0.556. The van der Waals surface area contributed by atoms with Gasteiger partial charge in [-0.1, -0.05) is 12.1 Å². The molecule has 1 aromatic rings. The van der Waals surface area contributed by atoms with Gasteiger partial charge in [0.05, 0.1) is 23.9 Å². The average Bonchev–Trinajstić information content (AvgIpc) is 3.06. The van der Waals surface area contributed by atoms with Crippen molar-refractivity contribution in [2.24, 2.45) is 16.8 Å². The van der Waals surface area contributed by atoms with Gasteiger partial charge in [0.25, 0.3) is 5.69 Å². The number of nitrogens with one attached hydrogen (secondary N) is 2. The second-order valence-corrected chi connectivity index (χ2v) is 7.06. The molecule has 0 amide bonds. The minimum absolute atomic E-state index is 0.0190. The smallest absolute Gasteiger partial charge is 0.310 e.